The number of nitrogens with zero attached hydrogens (tertiary/aromatic N) is 1. The van der Waals surface area contributed by atoms with E-state index in [9.17, 15) is 0 Å². The Kier molecular flexibility index (Phi) is 9.14. The molecule has 0 atom stereocenters. The smallest absolute Gasteiger partial charge is 0.0540 e. The largest absolute Gasteiger partial charge is 0.310 e. The number of rotatable bonds is 8. The van der Waals surface area contributed by atoms with Crippen LogP contribution in [-0.2, 0) is 10.8 Å². The van der Waals surface area contributed by atoms with Gasteiger partial charge in [0.15, 0.2) is 0 Å². The highest BCUT2D eigenvalue weighted by Gasteiger charge is 2.51. The monoisotopic (exact) mass is 849 g/mol. The van der Waals surface area contributed by atoms with Gasteiger partial charge in [-0.05, 0) is 176 Å². The maximum atomic E-state index is 2.48. The molecule has 0 aromatic heterocycles. The van der Waals surface area contributed by atoms with Crippen LogP contribution in [0.25, 0.3) is 66.4 Å². The van der Waals surface area contributed by atoms with E-state index in [4.69, 9.17) is 0 Å². The van der Waals surface area contributed by atoms with Gasteiger partial charge >= 0.3 is 0 Å². The number of anilines is 3. The summed E-state index contributed by atoms with van der Waals surface area (Å²) in [6.45, 7) is 4.75. The van der Waals surface area contributed by atoms with Gasteiger partial charge in [-0.25, -0.2) is 0 Å². The SMILES string of the molecule is CC1(C)c2ccccc2-c2ccc(N(c3ccc(-c4cccc5ccccc45)cc3)c3ccc(-c4ccc(-c5ccc(C67CC8CC(CC(C8)C6)C7)cc5)cc4)cc3-c3ccccc3)cc21. The second-order valence-corrected chi connectivity index (χ2v) is 20.8. The van der Waals surface area contributed by atoms with Crippen molar-refractivity contribution in [3.8, 4) is 55.6 Å². The van der Waals surface area contributed by atoms with Crippen molar-refractivity contribution >= 4 is 27.8 Å². The van der Waals surface area contributed by atoms with E-state index in [1.165, 1.54) is 116 Å². The van der Waals surface area contributed by atoms with Gasteiger partial charge in [0.1, 0.15) is 0 Å². The molecule has 4 fully saturated rings. The predicted octanol–water partition coefficient (Wildman–Crippen LogP) is 17.8. The van der Waals surface area contributed by atoms with Gasteiger partial charge in [-0.1, -0.05) is 184 Å². The number of hydrogen-bond acceptors (Lipinski definition) is 1. The van der Waals surface area contributed by atoms with Crippen LogP contribution in [0.4, 0.5) is 17.1 Å². The van der Waals surface area contributed by atoms with Crippen LogP contribution < -0.4 is 4.90 Å². The van der Waals surface area contributed by atoms with Crippen molar-refractivity contribution in [1.82, 2.24) is 0 Å². The number of benzene rings is 9. The molecule has 0 amide bonds. The molecule has 4 bridgehead atoms. The lowest BCUT2D eigenvalue weighted by Crippen LogP contribution is -2.48. The fourth-order valence-electron chi connectivity index (χ4n) is 13.6. The quantitative estimate of drug-likeness (QED) is 0.147. The summed E-state index contributed by atoms with van der Waals surface area (Å²) in [4.78, 5) is 2.48. The Morgan fingerprint density at radius 3 is 1.64 bits per heavy atom. The maximum Gasteiger partial charge on any atom is 0.0540 e. The van der Waals surface area contributed by atoms with Gasteiger partial charge in [0.05, 0.1) is 5.69 Å². The van der Waals surface area contributed by atoms with E-state index >= 15 is 0 Å². The Morgan fingerprint density at radius 2 is 0.909 bits per heavy atom. The molecule has 66 heavy (non-hydrogen) atoms. The van der Waals surface area contributed by atoms with Gasteiger partial charge < -0.3 is 4.90 Å². The average molecular weight is 850 g/mol. The van der Waals surface area contributed by atoms with E-state index in [0.717, 1.165) is 34.8 Å². The maximum absolute atomic E-state index is 2.48. The van der Waals surface area contributed by atoms with Gasteiger partial charge in [-0.2, -0.15) is 0 Å². The fraction of sp³-hybridized carbons (Fsp3) is 0.200. The molecule has 0 spiro atoms. The molecule has 0 radical (unpaired) electrons. The summed E-state index contributed by atoms with van der Waals surface area (Å²) >= 11 is 0. The third-order valence-corrected chi connectivity index (χ3v) is 16.5. The molecule has 0 aliphatic heterocycles. The van der Waals surface area contributed by atoms with Gasteiger partial charge in [-0.3, -0.25) is 0 Å². The molecule has 0 N–H and O–H groups in total. The molecule has 9 aromatic carbocycles. The second kappa shape index (κ2) is 15.3. The van der Waals surface area contributed by atoms with Crippen molar-refractivity contribution in [2.24, 2.45) is 17.8 Å². The Morgan fingerprint density at radius 1 is 0.379 bits per heavy atom. The molecule has 4 saturated carbocycles. The minimum atomic E-state index is -0.124. The highest BCUT2D eigenvalue weighted by atomic mass is 15.1. The normalized spacial score (nSPS) is 20.8. The van der Waals surface area contributed by atoms with Crippen LogP contribution in [0.15, 0.2) is 206 Å². The molecule has 1 heteroatoms. The highest BCUT2D eigenvalue weighted by Crippen LogP contribution is 2.61. The minimum Gasteiger partial charge on any atom is -0.310 e. The Labute approximate surface area is 390 Å². The predicted molar refractivity (Wildman–Crippen MR) is 278 cm³/mol. The van der Waals surface area contributed by atoms with Crippen LogP contribution in [0, 0.1) is 17.8 Å². The standard InChI is InChI=1S/C65H55N/c1-64(2)61-18-9-8-16-58(61)59-33-32-55(39-62(59)64)66(54-30-25-51(26-31-54)57-17-10-14-49-13-6-7-15-56(49)57)63-34-27-52(38-60(63)50-11-4-3-5-12-50)48-21-19-46(20-22-48)47-23-28-53(29-24-47)65-40-43-35-44(41-65)37-45(36-43)42-65/h3-34,38-39,43-45H,35-37,40-42H2,1-2H3. The summed E-state index contributed by atoms with van der Waals surface area (Å²) in [5.41, 5.74) is 20.6. The molecular formula is C65H55N. The molecule has 0 unspecified atom stereocenters. The Balaban J connectivity index is 0.889. The summed E-state index contributed by atoms with van der Waals surface area (Å²) in [7, 11) is 0. The number of fused-ring (bicyclic) bond motifs is 4. The van der Waals surface area contributed by atoms with Crippen molar-refractivity contribution in [3.05, 3.63) is 223 Å². The lowest BCUT2D eigenvalue weighted by atomic mass is 9.48. The van der Waals surface area contributed by atoms with E-state index in [1.807, 2.05) is 0 Å². The second-order valence-electron chi connectivity index (χ2n) is 20.8. The van der Waals surface area contributed by atoms with E-state index in [-0.39, 0.29) is 5.41 Å². The first-order valence-electron chi connectivity index (χ1n) is 24.4. The lowest BCUT2D eigenvalue weighted by molar-refractivity contribution is -0.00518. The number of hydrogen-bond donors (Lipinski definition) is 0. The zero-order chi connectivity index (χ0) is 44.0. The first kappa shape index (κ1) is 39.4. The van der Waals surface area contributed by atoms with E-state index in [0.29, 0.717) is 5.41 Å². The van der Waals surface area contributed by atoms with Gasteiger partial charge in [-0.15, -0.1) is 0 Å². The molecule has 9 aromatic rings. The Bertz CT molecular complexity index is 3240. The van der Waals surface area contributed by atoms with Crippen LogP contribution in [0.1, 0.15) is 69.1 Å². The van der Waals surface area contributed by atoms with E-state index < -0.39 is 0 Å². The summed E-state index contributed by atoms with van der Waals surface area (Å²) in [5.74, 6) is 2.88. The topological polar surface area (TPSA) is 3.24 Å². The molecule has 5 aliphatic carbocycles. The van der Waals surface area contributed by atoms with Gasteiger partial charge in [0.25, 0.3) is 0 Å². The fourth-order valence-corrected chi connectivity index (χ4v) is 13.6. The van der Waals surface area contributed by atoms with Crippen LogP contribution in [-0.4, -0.2) is 0 Å². The molecule has 320 valence electrons. The summed E-state index contributed by atoms with van der Waals surface area (Å²) in [6.07, 6.45) is 8.69. The highest BCUT2D eigenvalue weighted by molar-refractivity contribution is 5.98. The first-order valence-corrected chi connectivity index (χ1v) is 24.4. The zero-order valence-electron chi connectivity index (χ0n) is 38.1. The molecular weight excluding hydrogens is 795 g/mol. The first-order chi connectivity index (χ1) is 32.4. The van der Waals surface area contributed by atoms with Crippen LogP contribution >= 0.6 is 0 Å². The van der Waals surface area contributed by atoms with Crippen molar-refractivity contribution in [3.63, 3.8) is 0 Å². The van der Waals surface area contributed by atoms with Crippen molar-refractivity contribution in [2.75, 3.05) is 4.90 Å². The average Bonchev–Trinajstić information content (AvgIpc) is 3.59. The van der Waals surface area contributed by atoms with Crippen LogP contribution in [0.3, 0.4) is 0 Å². The van der Waals surface area contributed by atoms with Crippen LogP contribution in [0.5, 0.6) is 0 Å². The van der Waals surface area contributed by atoms with E-state index in [1.54, 1.807) is 5.56 Å². The molecule has 1 nitrogen and oxygen atoms in total. The van der Waals surface area contributed by atoms with Gasteiger partial charge in [0.2, 0.25) is 0 Å². The molecule has 0 heterocycles. The van der Waals surface area contributed by atoms with Crippen LogP contribution in [0.2, 0.25) is 0 Å². The molecule has 5 aliphatic rings. The minimum absolute atomic E-state index is 0.124. The molecule has 14 rings (SSSR count). The zero-order valence-corrected chi connectivity index (χ0v) is 38.1. The lowest BCUT2D eigenvalue weighted by Gasteiger charge is -2.57. The van der Waals surface area contributed by atoms with Gasteiger partial charge in [0, 0.05) is 22.4 Å². The third kappa shape index (κ3) is 6.50. The van der Waals surface area contributed by atoms with E-state index in [2.05, 4.69) is 225 Å². The molecule has 0 saturated heterocycles. The summed E-state index contributed by atoms with van der Waals surface area (Å²) in [5, 5.41) is 2.52. The summed E-state index contributed by atoms with van der Waals surface area (Å²) in [6, 6.07) is 77.6. The van der Waals surface area contributed by atoms with Crippen molar-refractivity contribution < 1.29 is 0 Å². The summed E-state index contributed by atoms with van der Waals surface area (Å²) < 4.78 is 0. The van der Waals surface area contributed by atoms with Crippen molar-refractivity contribution in [2.45, 2.75) is 63.2 Å². The third-order valence-electron chi connectivity index (χ3n) is 16.5. The Hall–Kier alpha value is -6.96. The van der Waals surface area contributed by atoms with Crippen molar-refractivity contribution in [1.29, 1.82) is 0 Å².